The molecule has 5 nitrogen and oxygen atoms in total. The standard InChI is InChI=1S/C18H21ClN2O3S/c19-12-1-4-15-14(7-12)20-18(23)16(25-15)8-17(22)21(13-2-3-13)9-11-5-6-24-10-11/h1,4,7,11,13,16H,2-3,5-6,8-10H2,(H,20,23)/t11-,16-/m0/s1. The third kappa shape index (κ3) is 3.96. The smallest absolute Gasteiger partial charge is 0.238 e. The van der Waals surface area contributed by atoms with E-state index in [0.717, 1.165) is 49.6 Å². The average Bonchev–Trinajstić information content (AvgIpc) is 3.29. The summed E-state index contributed by atoms with van der Waals surface area (Å²) >= 11 is 7.43. The summed E-state index contributed by atoms with van der Waals surface area (Å²) < 4.78 is 5.44. The van der Waals surface area contributed by atoms with Crippen LogP contribution in [0.5, 0.6) is 0 Å². The van der Waals surface area contributed by atoms with Gasteiger partial charge in [0.25, 0.3) is 0 Å². The van der Waals surface area contributed by atoms with Crippen LogP contribution >= 0.6 is 23.4 Å². The number of benzene rings is 1. The summed E-state index contributed by atoms with van der Waals surface area (Å²) in [6.07, 6.45) is 3.40. The van der Waals surface area contributed by atoms with Crippen molar-refractivity contribution in [1.82, 2.24) is 4.90 Å². The Morgan fingerprint density at radius 1 is 1.36 bits per heavy atom. The lowest BCUT2D eigenvalue weighted by Gasteiger charge is -2.29. The fourth-order valence-corrected chi connectivity index (χ4v) is 4.63. The third-order valence-electron chi connectivity index (χ3n) is 4.91. The molecule has 1 saturated heterocycles. The van der Waals surface area contributed by atoms with Crippen molar-refractivity contribution in [1.29, 1.82) is 0 Å². The molecule has 0 spiro atoms. The van der Waals surface area contributed by atoms with Gasteiger partial charge in [-0.05, 0) is 37.5 Å². The Hall–Kier alpha value is -1.24. The molecule has 25 heavy (non-hydrogen) atoms. The molecule has 2 heterocycles. The van der Waals surface area contributed by atoms with Crippen molar-refractivity contribution >= 4 is 40.9 Å². The summed E-state index contributed by atoms with van der Waals surface area (Å²) in [6.45, 7) is 2.29. The molecule has 0 unspecified atom stereocenters. The second kappa shape index (κ2) is 7.17. The number of nitrogens with zero attached hydrogens (tertiary/aromatic N) is 1. The molecule has 1 saturated carbocycles. The number of thioether (sulfide) groups is 1. The highest BCUT2D eigenvalue weighted by Crippen LogP contribution is 2.39. The maximum absolute atomic E-state index is 12.9. The minimum Gasteiger partial charge on any atom is -0.381 e. The highest BCUT2D eigenvalue weighted by atomic mass is 35.5. The molecule has 1 aliphatic carbocycles. The van der Waals surface area contributed by atoms with Gasteiger partial charge in [0.05, 0.1) is 17.5 Å². The van der Waals surface area contributed by atoms with Crippen molar-refractivity contribution in [2.45, 2.75) is 41.9 Å². The summed E-state index contributed by atoms with van der Waals surface area (Å²) in [5.41, 5.74) is 0.730. The number of hydrogen-bond acceptors (Lipinski definition) is 4. The molecule has 1 N–H and O–H groups in total. The van der Waals surface area contributed by atoms with Crippen molar-refractivity contribution in [3.8, 4) is 0 Å². The molecule has 2 amide bonds. The molecule has 0 radical (unpaired) electrons. The van der Waals surface area contributed by atoms with Crippen LogP contribution in [0, 0.1) is 5.92 Å². The molecule has 0 aromatic heterocycles. The topological polar surface area (TPSA) is 58.6 Å². The Morgan fingerprint density at radius 2 is 2.20 bits per heavy atom. The summed E-state index contributed by atoms with van der Waals surface area (Å²) in [5.74, 6) is 0.396. The molecule has 134 valence electrons. The predicted molar refractivity (Wildman–Crippen MR) is 98.0 cm³/mol. The van der Waals surface area contributed by atoms with Gasteiger partial charge >= 0.3 is 0 Å². The van der Waals surface area contributed by atoms with Gasteiger partial charge < -0.3 is 15.0 Å². The van der Waals surface area contributed by atoms with Crippen molar-refractivity contribution in [2.24, 2.45) is 5.92 Å². The molecule has 0 bridgehead atoms. The van der Waals surface area contributed by atoms with E-state index in [9.17, 15) is 9.59 Å². The number of carbonyl (C=O) groups is 2. The highest BCUT2D eigenvalue weighted by Gasteiger charge is 2.37. The number of halogens is 1. The Kier molecular flexibility index (Phi) is 4.93. The van der Waals surface area contributed by atoms with Gasteiger partial charge in [0.1, 0.15) is 0 Å². The molecule has 4 rings (SSSR count). The van der Waals surface area contributed by atoms with Crippen molar-refractivity contribution < 1.29 is 14.3 Å². The van der Waals surface area contributed by atoms with Gasteiger partial charge in [-0.15, -0.1) is 11.8 Å². The SMILES string of the molecule is O=C1Nc2cc(Cl)ccc2S[C@H]1CC(=O)N(C[C@@H]1CCOC1)C1CC1. The van der Waals surface area contributed by atoms with Gasteiger partial charge in [-0.2, -0.15) is 0 Å². The second-order valence-electron chi connectivity index (χ2n) is 6.95. The zero-order chi connectivity index (χ0) is 17.4. The summed E-state index contributed by atoms with van der Waals surface area (Å²) in [5, 5.41) is 3.08. The second-order valence-corrected chi connectivity index (χ2v) is 8.63. The summed E-state index contributed by atoms with van der Waals surface area (Å²) in [4.78, 5) is 28.2. The van der Waals surface area contributed by atoms with Crippen molar-refractivity contribution in [2.75, 3.05) is 25.1 Å². The van der Waals surface area contributed by atoms with Crippen LogP contribution in [0.4, 0.5) is 5.69 Å². The lowest BCUT2D eigenvalue weighted by atomic mass is 10.1. The van der Waals surface area contributed by atoms with Gasteiger partial charge in [0.2, 0.25) is 11.8 Å². The van der Waals surface area contributed by atoms with E-state index in [1.54, 1.807) is 12.1 Å². The fourth-order valence-electron chi connectivity index (χ4n) is 3.38. The monoisotopic (exact) mass is 380 g/mol. The van der Waals surface area contributed by atoms with E-state index in [1.807, 2.05) is 11.0 Å². The zero-order valence-electron chi connectivity index (χ0n) is 13.9. The van der Waals surface area contributed by atoms with Gasteiger partial charge in [0, 0.05) is 41.5 Å². The normalized spacial score (nSPS) is 25.4. The molecular weight excluding hydrogens is 360 g/mol. The van der Waals surface area contributed by atoms with Crippen LogP contribution in [-0.2, 0) is 14.3 Å². The molecule has 1 aromatic rings. The third-order valence-corrected chi connectivity index (χ3v) is 6.42. The van der Waals surface area contributed by atoms with E-state index < -0.39 is 0 Å². The first kappa shape index (κ1) is 17.2. The molecular formula is C18H21ClN2O3S. The van der Waals surface area contributed by atoms with E-state index in [1.165, 1.54) is 11.8 Å². The first-order chi connectivity index (χ1) is 12.1. The van der Waals surface area contributed by atoms with Crippen LogP contribution < -0.4 is 5.32 Å². The summed E-state index contributed by atoms with van der Waals surface area (Å²) in [7, 11) is 0. The lowest BCUT2D eigenvalue weighted by molar-refractivity contribution is -0.133. The van der Waals surface area contributed by atoms with Gasteiger partial charge in [-0.1, -0.05) is 11.6 Å². The van der Waals surface area contributed by atoms with E-state index >= 15 is 0 Å². The summed E-state index contributed by atoms with van der Waals surface area (Å²) in [6, 6.07) is 5.81. The number of hydrogen-bond donors (Lipinski definition) is 1. The number of carbonyl (C=O) groups excluding carboxylic acids is 2. The first-order valence-electron chi connectivity index (χ1n) is 8.74. The predicted octanol–water partition coefficient (Wildman–Crippen LogP) is 3.17. The van der Waals surface area contributed by atoms with Gasteiger partial charge in [-0.3, -0.25) is 9.59 Å². The van der Waals surface area contributed by atoms with Crippen molar-refractivity contribution in [3.05, 3.63) is 23.2 Å². The maximum atomic E-state index is 12.9. The van der Waals surface area contributed by atoms with E-state index in [0.29, 0.717) is 17.0 Å². The Labute approximate surface area is 156 Å². The molecule has 2 aliphatic heterocycles. The fraction of sp³-hybridized carbons (Fsp3) is 0.556. The molecule has 3 aliphatic rings. The quantitative estimate of drug-likeness (QED) is 0.852. The van der Waals surface area contributed by atoms with Crippen LogP contribution in [0.2, 0.25) is 5.02 Å². The van der Waals surface area contributed by atoms with Crippen LogP contribution in [0.3, 0.4) is 0 Å². The highest BCUT2D eigenvalue weighted by molar-refractivity contribution is 8.01. The Balaban J connectivity index is 1.42. The molecule has 1 aromatic carbocycles. The van der Waals surface area contributed by atoms with Crippen LogP contribution in [-0.4, -0.2) is 47.8 Å². The van der Waals surface area contributed by atoms with E-state index in [4.69, 9.17) is 16.3 Å². The van der Waals surface area contributed by atoms with Gasteiger partial charge in [-0.25, -0.2) is 0 Å². The maximum Gasteiger partial charge on any atom is 0.238 e. The molecule has 7 heteroatoms. The lowest BCUT2D eigenvalue weighted by Crippen LogP contribution is -2.41. The van der Waals surface area contributed by atoms with Crippen LogP contribution in [0.25, 0.3) is 0 Å². The minimum absolute atomic E-state index is 0.0828. The van der Waals surface area contributed by atoms with E-state index in [2.05, 4.69) is 5.32 Å². The van der Waals surface area contributed by atoms with Gasteiger partial charge in [0.15, 0.2) is 0 Å². The first-order valence-corrected chi connectivity index (χ1v) is 10.00. The van der Waals surface area contributed by atoms with Crippen molar-refractivity contribution in [3.63, 3.8) is 0 Å². The average molecular weight is 381 g/mol. The number of fused-ring (bicyclic) bond motifs is 1. The van der Waals surface area contributed by atoms with E-state index in [-0.39, 0.29) is 23.5 Å². The minimum atomic E-state index is -0.387. The number of rotatable bonds is 5. The number of amides is 2. The molecule has 2 fully saturated rings. The largest absolute Gasteiger partial charge is 0.381 e. The van der Waals surface area contributed by atoms with Crippen LogP contribution in [0.1, 0.15) is 25.7 Å². The Morgan fingerprint density at radius 3 is 2.92 bits per heavy atom. The Bertz CT molecular complexity index is 689. The number of ether oxygens (including phenoxy) is 1. The number of anilines is 1. The molecule has 2 atom stereocenters. The van der Waals surface area contributed by atoms with Crippen LogP contribution in [0.15, 0.2) is 23.1 Å². The number of nitrogens with one attached hydrogen (secondary N) is 1. The zero-order valence-corrected chi connectivity index (χ0v) is 15.4.